The molecule has 102 valence electrons. The molecule has 0 saturated carbocycles. The standard InChI is InChI=1S/C15H25ClN2/c1-11(13-7-6-8-14(16)9-13)18(5)10-15(3,4)12(2)17/h6-9,11-12H,10,17H2,1-5H3. The Balaban J connectivity index is 2.76. The lowest BCUT2D eigenvalue weighted by atomic mass is 9.85. The first-order valence-electron chi connectivity index (χ1n) is 6.45. The Bertz CT molecular complexity index is 388. The molecule has 2 unspecified atom stereocenters. The molecule has 0 heterocycles. The quantitative estimate of drug-likeness (QED) is 0.882. The third-order valence-electron chi connectivity index (χ3n) is 3.88. The Labute approximate surface area is 116 Å². The molecule has 0 bridgehead atoms. The van der Waals surface area contributed by atoms with Gasteiger partial charge in [-0.2, -0.15) is 0 Å². The predicted octanol–water partition coefficient (Wildman–Crippen LogP) is 3.71. The molecule has 1 aromatic carbocycles. The lowest BCUT2D eigenvalue weighted by Gasteiger charge is -2.36. The maximum Gasteiger partial charge on any atom is 0.0409 e. The van der Waals surface area contributed by atoms with Gasteiger partial charge in [-0.05, 0) is 44.0 Å². The van der Waals surface area contributed by atoms with Crippen LogP contribution in [0.5, 0.6) is 0 Å². The van der Waals surface area contributed by atoms with Crippen LogP contribution in [0, 0.1) is 5.41 Å². The number of hydrogen-bond donors (Lipinski definition) is 1. The third-order valence-corrected chi connectivity index (χ3v) is 4.12. The molecule has 0 spiro atoms. The Morgan fingerprint density at radius 3 is 2.44 bits per heavy atom. The predicted molar refractivity (Wildman–Crippen MR) is 79.9 cm³/mol. The Morgan fingerprint density at radius 2 is 1.94 bits per heavy atom. The molecule has 3 heteroatoms. The van der Waals surface area contributed by atoms with E-state index in [0.717, 1.165) is 11.6 Å². The van der Waals surface area contributed by atoms with Gasteiger partial charge in [-0.25, -0.2) is 0 Å². The van der Waals surface area contributed by atoms with Gasteiger partial charge in [-0.15, -0.1) is 0 Å². The van der Waals surface area contributed by atoms with Gasteiger partial charge in [0.15, 0.2) is 0 Å². The minimum atomic E-state index is 0.0988. The van der Waals surface area contributed by atoms with Crippen LogP contribution >= 0.6 is 11.6 Å². The van der Waals surface area contributed by atoms with Crippen molar-refractivity contribution in [1.29, 1.82) is 0 Å². The topological polar surface area (TPSA) is 29.3 Å². The van der Waals surface area contributed by atoms with Crippen LogP contribution in [0.4, 0.5) is 0 Å². The van der Waals surface area contributed by atoms with E-state index in [1.54, 1.807) is 0 Å². The first-order valence-corrected chi connectivity index (χ1v) is 6.83. The highest BCUT2D eigenvalue weighted by atomic mass is 35.5. The van der Waals surface area contributed by atoms with E-state index in [9.17, 15) is 0 Å². The van der Waals surface area contributed by atoms with Crippen molar-refractivity contribution in [2.45, 2.75) is 39.8 Å². The summed E-state index contributed by atoms with van der Waals surface area (Å²) >= 11 is 6.04. The van der Waals surface area contributed by atoms with Crippen molar-refractivity contribution in [3.05, 3.63) is 34.9 Å². The van der Waals surface area contributed by atoms with Crippen LogP contribution < -0.4 is 5.73 Å². The van der Waals surface area contributed by atoms with E-state index in [2.05, 4.69) is 45.7 Å². The third kappa shape index (κ3) is 3.98. The number of benzene rings is 1. The van der Waals surface area contributed by atoms with Crippen molar-refractivity contribution >= 4 is 11.6 Å². The normalized spacial score (nSPS) is 15.8. The first-order chi connectivity index (χ1) is 8.24. The van der Waals surface area contributed by atoms with Gasteiger partial charge in [0.05, 0.1) is 0 Å². The van der Waals surface area contributed by atoms with Gasteiger partial charge in [0.2, 0.25) is 0 Å². The molecular formula is C15H25ClN2. The molecule has 0 aliphatic carbocycles. The lowest BCUT2D eigenvalue weighted by molar-refractivity contribution is 0.150. The van der Waals surface area contributed by atoms with E-state index in [4.69, 9.17) is 17.3 Å². The summed E-state index contributed by atoms with van der Waals surface area (Å²) in [5, 5.41) is 0.791. The molecule has 0 fully saturated rings. The summed E-state index contributed by atoms with van der Waals surface area (Å²) in [6.45, 7) is 9.64. The van der Waals surface area contributed by atoms with Gasteiger partial charge in [0.25, 0.3) is 0 Å². The Kier molecular flexibility index (Phi) is 5.20. The maximum absolute atomic E-state index is 6.04. The van der Waals surface area contributed by atoms with Gasteiger partial charge in [-0.1, -0.05) is 37.6 Å². The van der Waals surface area contributed by atoms with E-state index in [1.165, 1.54) is 5.56 Å². The zero-order valence-corrected chi connectivity index (χ0v) is 12.8. The zero-order valence-electron chi connectivity index (χ0n) is 12.1. The average molecular weight is 269 g/mol. The number of halogens is 1. The smallest absolute Gasteiger partial charge is 0.0409 e. The van der Waals surface area contributed by atoms with E-state index in [1.807, 2.05) is 18.2 Å². The Hall–Kier alpha value is -0.570. The van der Waals surface area contributed by atoms with Gasteiger partial charge < -0.3 is 5.73 Å². The van der Waals surface area contributed by atoms with Crippen molar-refractivity contribution in [3.8, 4) is 0 Å². The van der Waals surface area contributed by atoms with Crippen LogP contribution in [0.15, 0.2) is 24.3 Å². The SMILES string of the molecule is CC(c1cccc(Cl)c1)N(C)CC(C)(C)C(C)N. The first kappa shape index (κ1) is 15.5. The average Bonchev–Trinajstić information content (AvgIpc) is 2.27. The molecule has 0 amide bonds. The lowest BCUT2D eigenvalue weighted by Crippen LogP contribution is -2.43. The molecule has 0 saturated heterocycles. The summed E-state index contributed by atoms with van der Waals surface area (Å²) in [6, 6.07) is 8.56. The van der Waals surface area contributed by atoms with Crippen molar-refractivity contribution in [2.24, 2.45) is 11.1 Å². The largest absolute Gasteiger partial charge is 0.327 e. The molecule has 0 aliphatic rings. The van der Waals surface area contributed by atoms with Gasteiger partial charge >= 0.3 is 0 Å². The van der Waals surface area contributed by atoms with E-state index < -0.39 is 0 Å². The molecule has 2 N–H and O–H groups in total. The zero-order chi connectivity index (χ0) is 13.9. The summed E-state index contributed by atoms with van der Waals surface area (Å²) in [7, 11) is 2.13. The summed E-state index contributed by atoms with van der Waals surface area (Å²) in [5.74, 6) is 0. The van der Waals surface area contributed by atoms with Crippen LogP contribution in [0.3, 0.4) is 0 Å². The number of nitrogens with zero attached hydrogens (tertiary/aromatic N) is 1. The second-order valence-corrected chi connectivity index (χ2v) is 6.36. The summed E-state index contributed by atoms with van der Waals surface area (Å²) in [5.41, 5.74) is 7.37. The highest BCUT2D eigenvalue weighted by molar-refractivity contribution is 6.30. The maximum atomic E-state index is 6.04. The highest BCUT2D eigenvalue weighted by Gasteiger charge is 2.26. The van der Waals surface area contributed by atoms with Crippen molar-refractivity contribution in [2.75, 3.05) is 13.6 Å². The van der Waals surface area contributed by atoms with Crippen LogP contribution in [-0.2, 0) is 0 Å². The van der Waals surface area contributed by atoms with Crippen LogP contribution in [0.2, 0.25) is 5.02 Å². The summed E-state index contributed by atoms with van der Waals surface area (Å²) in [6.07, 6.45) is 0. The minimum absolute atomic E-state index is 0.0988. The molecule has 1 aromatic rings. The second-order valence-electron chi connectivity index (χ2n) is 5.92. The van der Waals surface area contributed by atoms with E-state index in [-0.39, 0.29) is 11.5 Å². The summed E-state index contributed by atoms with van der Waals surface area (Å²) < 4.78 is 0. The number of rotatable bonds is 5. The second kappa shape index (κ2) is 6.05. The number of nitrogens with two attached hydrogens (primary N) is 1. The fourth-order valence-electron chi connectivity index (χ4n) is 1.94. The van der Waals surface area contributed by atoms with Crippen molar-refractivity contribution in [1.82, 2.24) is 4.90 Å². The van der Waals surface area contributed by atoms with Gasteiger partial charge in [0, 0.05) is 23.7 Å². The molecular weight excluding hydrogens is 244 g/mol. The molecule has 1 rings (SSSR count). The molecule has 0 aliphatic heterocycles. The molecule has 18 heavy (non-hydrogen) atoms. The fourth-order valence-corrected chi connectivity index (χ4v) is 2.14. The molecule has 0 aromatic heterocycles. The highest BCUT2D eigenvalue weighted by Crippen LogP contribution is 2.27. The minimum Gasteiger partial charge on any atom is -0.327 e. The summed E-state index contributed by atoms with van der Waals surface area (Å²) in [4.78, 5) is 2.33. The van der Waals surface area contributed by atoms with Crippen LogP contribution in [-0.4, -0.2) is 24.5 Å². The van der Waals surface area contributed by atoms with E-state index >= 15 is 0 Å². The molecule has 2 atom stereocenters. The van der Waals surface area contributed by atoms with Crippen LogP contribution in [0.1, 0.15) is 39.3 Å². The van der Waals surface area contributed by atoms with E-state index in [0.29, 0.717) is 6.04 Å². The van der Waals surface area contributed by atoms with Crippen LogP contribution in [0.25, 0.3) is 0 Å². The Morgan fingerprint density at radius 1 is 1.33 bits per heavy atom. The van der Waals surface area contributed by atoms with Crippen molar-refractivity contribution < 1.29 is 0 Å². The van der Waals surface area contributed by atoms with Gasteiger partial charge in [-0.3, -0.25) is 4.90 Å². The molecule has 2 nitrogen and oxygen atoms in total. The van der Waals surface area contributed by atoms with Gasteiger partial charge in [0.1, 0.15) is 0 Å². The molecule has 0 radical (unpaired) electrons. The number of hydrogen-bond acceptors (Lipinski definition) is 2. The fraction of sp³-hybridized carbons (Fsp3) is 0.600. The monoisotopic (exact) mass is 268 g/mol. The van der Waals surface area contributed by atoms with Crippen molar-refractivity contribution in [3.63, 3.8) is 0 Å².